The van der Waals surface area contributed by atoms with E-state index >= 15 is 0 Å². The molecule has 0 aliphatic heterocycles. The van der Waals surface area contributed by atoms with E-state index in [4.69, 9.17) is 16.3 Å². The molecule has 20 heavy (non-hydrogen) atoms. The van der Waals surface area contributed by atoms with E-state index in [1.54, 1.807) is 0 Å². The molecule has 112 valence electrons. The van der Waals surface area contributed by atoms with E-state index in [9.17, 15) is 0 Å². The van der Waals surface area contributed by atoms with Crippen molar-refractivity contribution in [3.8, 4) is 5.75 Å². The predicted octanol–water partition coefficient (Wildman–Crippen LogP) is 4.58. The van der Waals surface area contributed by atoms with Gasteiger partial charge in [-0.1, -0.05) is 32.4 Å². The van der Waals surface area contributed by atoms with Crippen LogP contribution in [0.2, 0.25) is 5.02 Å². The number of nitrogens with one attached hydrogen (secondary N) is 1. The Morgan fingerprint density at radius 2 is 2.15 bits per heavy atom. The smallest absolute Gasteiger partial charge is 0.120 e. The number of halogens is 1. The van der Waals surface area contributed by atoms with Gasteiger partial charge in [0, 0.05) is 22.9 Å². The normalized spacial score (nSPS) is 29.1. The maximum absolute atomic E-state index is 6.20. The molecule has 1 aliphatic carbocycles. The first kappa shape index (κ1) is 15.7. The van der Waals surface area contributed by atoms with Crippen LogP contribution >= 0.6 is 11.6 Å². The van der Waals surface area contributed by atoms with Crippen molar-refractivity contribution in [3.05, 3.63) is 28.8 Å². The lowest BCUT2D eigenvalue weighted by atomic mass is 9.61. The van der Waals surface area contributed by atoms with Crippen LogP contribution < -0.4 is 10.1 Å². The van der Waals surface area contributed by atoms with Gasteiger partial charge in [0.1, 0.15) is 11.9 Å². The second kappa shape index (κ2) is 6.36. The van der Waals surface area contributed by atoms with E-state index in [1.165, 1.54) is 6.42 Å². The van der Waals surface area contributed by atoms with E-state index in [1.807, 2.05) is 25.1 Å². The van der Waals surface area contributed by atoms with E-state index in [2.05, 4.69) is 26.1 Å². The molecule has 0 saturated heterocycles. The summed E-state index contributed by atoms with van der Waals surface area (Å²) in [5, 5.41) is 4.44. The van der Waals surface area contributed by atoms with Crippen LogP contribution in [0.4, 0.5) is 0 Å². The lowest BCUT2D eigenvalue weighted by molar-refractivity contribution is -0.0701. The van der Waals surface area contributed by atoms with Gasteiger partial charge in [0.05, 0.1) is 0 Å². The third kappa shape index (κ3) is 2.96. The fourth-order valence-corrected chi connectivity index (χ4v) is 3.08. The fourth-order valence-electron chi connectivity index (χ4n) is 2.96. The lowest BCUT2D eigenvalue weighted by Crippen LogP contribution is -2.63. The van der Waals surface area contributed by atoms with Gasteiger partial charge in [0.2, 0.25) is 0 Å². The van der Waals surface area contributed by atoms with Crippen molar-refractivity contribution in [1.82, 2.24) is 5.32 Å². The van der Waals surface area contributed by atoms with Gasteiger partial charge in [-0.15, -0.1) is 0 Å². The predicted molar refractivity (Wildman–Crippen MR) is 85.7 cm³/mol. The summed E-state index contributed by atoms with van der Waals surface area (Å²) in [6, 6.07) is 6.50. The Morgan fingerprint density at radius 1 is 1.40 bits per heavy atom. The summed E-state index contributed by atoms with van der Waals surface area (Å²) in [6.45, 7) is 9.90. The van der Waals surface area contributed by atoms with Gasteiger partial charge in [0.25, 0.3) is 0 Å². The molecule has 1 fully saturated rings. The molecule has 3 atom stereocenters. The van der Waals surface area contributed by atoms with E-state index in [-0.39, 0.29) is 5.41 Å². The molecular formula is C17H26ClNO. The Labute approximate surface area is 127 Å². The lowest BCUT2D eigenvalue weighted by Gasteiger charge is -2.53. The molecule has 1 aromatic carbocycles. The van der Waals surface area contributed by atoms with E-state index in [0.717, 1.165) is 35.7 Å². The zero-order valence-electron chi connectivity index (χ0n) is 13.0. The Kier molecular flexibility index (Phi) is 4.98. The largest absolute Gasteiger partial charge is 0.490 e. The van der Waals surface area contributed by atoms with Gasteiger partial charge in [-0.2, -0.15) is 0 Å². The topological polar surface area (TPSA) is 21.3 Å². The number of hydrogen-bond acceptors (Lipinski definition) is 2. The molecule has 0 spiro atoms. The van der Waals surface area contributed by atoms with E-state index in [0.29, 0.717) is 12.1 Å². The van der Waals surface area contributed by atoms with E-state index < -0.39 is 0 Å². The minimum absolute atomic E-state index is 0.225. The summed E-state index contributed by atoms with van der Waals surface area (Å²) in [4.78, 5) is 0. The van der Waals surface area contributed by atoms with Gasteiger partial charge in [-0.05, 0) is 50.1 Å². The monoisotopic (exact) mass is 295 g/mol. The van der Waals surface area contributed by atoms with Gasteiger partial charge in [-0.3, -0.25) is 0 Å². The molecule has 0 amide bonds. The molecule has 3 heteroatoms. The van der Waals surface area contributed by atoms with Gasteiger partial charge >= 0.3 is 0 Å². The second-order valence-electron chi connectivity index (χ2n) is 6.12. The highest BCUT2D eigenvalue weighted by molar-refractivity contribution is 6.31. The summed E-state index contributed by atoms with van der Waals surface area (Å²) in [5.41, 5.74) is 1.30. The molecule has 2 nitrogen and oxygen atoms in total. The average Bonchev–Trinajstić information content (AvgIpc) is 2.44. The standard InChI is InChI=1S/C17H26ClNO/c1-5-9-19-15-11-16(17(15,4)6-2)20-13-7-8-14(18)12(3)10-13/h7-8,10,15-16,19H,5-6,9,11H2,1-4H3. The van der Waals surface area contributed by atoms with Gasteiger partial charge < -0.3 is 10.1 Å². The summed E-state index contributed by atoms with van der Waals surface area (Å²) < 4.78 is 6.20. The summed E-state index contributed by atoms with van der Waals surface area (Å²) in [5.74, 6) is 0.936. The van der Waals surface area contributed by atoms with Crippen molar-refractivity contribution in [2.24, 2.45) is 5.41 Å². The first-order valence-corrected chi connectivity index (χ1v) is 8.05. The number of ether oxygens (including phenoxy) is 1. The maximum atomic E-state index is 6.20. The third-order valence-electron chi connectivity index (χ3n) is 4.79. The molecular weight excluding hydrogens is 270 g/mol. The molecule has 1 N–H and O–H groups in total. The van der Waals surface area contributed by atoms with Crippen LogP contribution in [0.1, 0.15) is 45.6 Å². The first-order chi connectivity index (χ1) is 9.51. The van der Waals surface area contributed by atoms with Crippen molar-refractivity contribution < 1.29 is 4.74 Å². The molecule has 0 radical (unpaired) electrons. The van der Waals surface area contributed by atoms with Crippen molar-refractivity contribution in [2.45, 2.75) is 59.1 Å². The molecule has 1 aliphatic rings. The van der Waals surface area contributed by atoms with Crippen LogP contribution in [0.15, 0.2) is 18.2 Å². The van der Waals surface area contributed by atoms with Crippen molar-refractivity contribution >= 4 is 11.6 Å². The highest BCUT2D eigenvalue weighted by Gasteiger charge is 2.51. The van der Waals surface area contributed by atoms with Crippen LogP contribution in [0.5, 0.6) is 5.75 Å². The highest BCUT2D eigenvalue weighted by Crippen LogP contribution is 2.46. The molecule has 0 bridgehead atoms. The maximum Gasteiger partial charge on any atom is 0.120 e. The van der Waals surface area contributed by atoms with Gasteiger partial charge in [0.15, 0.2) is 0 Å². The zero-order valence-corrected chi connectivity index (χ0v) is 13.8. The third-order valence-corrected chi connectivity index (χ3v) is 5.22. The highest BCUT2D eigenvalue weighted by atomic mass is 35.5. The molecule has 0 heterocycles. The van der Waals surface area contributed by atoms with Crippen molar-refractivity contribution in [3.63, 3.8) is 0 Å². The molecule has 0 aromatic heterocycles. The van der Waals surface area contributed by atoms with Gasteiger partial charge in [-0.25, -0.2) is 0 Å². The molecule has 3 unspecified atom stereocenters. The number of rotatable bonds is 6. The summed E-state index contributed by atoms with van der Waals surface area (Å²) >= 11 is 6.06. The van der Waals surface area contributed by atoms with Crippen LogP contribution in [0, 0.1) is 12.3 Å². The number of benzene rings is 1. The quantitative estimate of drug-likeness (QED) is 0.829. The average molecular weight is 296 g/mol. The van der Waals surface area contributed by atoms with Crippen molar-refractivity contribution in [2.75, 3.05) is 6.54 Å². The molecule has 1 aromatic rings. The van der Waals surface area contributed by atoms with Crippen molar-refractivity contribution in [1.29, 1.82) is 0 Å². The minimum atomic E-state index is 0.225. The van der Waals surface area contributed by atoms with Crippen LogP contribution in [-0.2, 0) is 0 Å². The SMILES string of the molecule is CCCNC1CC(Oc2ccc(Cl)c(C)c2)C1(C)CC. The number of hydrogen-bond donors (Lipinski definition) is 1. The van der Waals surface area contributed by atoms with Crippen LogP contribution in [0.25, 0.3) is 0 Å². The summed E-state index contributed by atoms with van der Waals surface area (Å²) in [7, 11) is 0. The Balaban J connectivity index is 2.01. The minimum Gasteiger partial charge on any atom is -0.490 e. The Hall–Kier alpha value is -0.730. The van der Waals surface area contributed by atoms with Crippen LogP contribution in [-0.4, -0.2) is 18.7 Å². The fraction of sp³-hybridized carbons (Fsp3) is 0.647. The second-order valence-corrected chi connectivity index (χ2v) is 6.53. The first-order valence-electron chi connectivity index (χ1n) is 7.67. The zero-order chi connectivity index (χ0) is 14.8. The molecule has 1 saturated carbocycles. The molecule has 2 rings (SSSR count). The summed E-state index contributed by atoms with van der Waals surface area (Å²) in [6.07, 6.45) is 3.69. The number of aryl methyl sites for hydroxylation is 1. The van der Waals surface area contributed by atoms with Crippen LogP contribution in [0.3, 0.4) is 0 Å². The Bertz CT molecular complexity index is 462. The Morgan fingerprint density at radius 3 is 2.75 bits per heavy atom.